The van der Waals surface area contributed by atoms with Gasteiger partial charge >= 0.3 is 5.69 Å². The molecule has 2 atom stereocenters. The third-order valence-electron chi connectivity index (χ3n) is 3.50. The molecule has 2 rings (SSSR count). The zero-order valence-corrected chi connectivity index (χ0v) is 13.3. The van der Waals surface area contributed by atoms with Crippen LogP contribution in [-0.4, -0.2) is 39.1 Å². The summed E-state index contributed by atoms with van der Waals surface area (Å²) in [7, 11) is 1.80. The normalized spacial score (nSPS) is 20.8. The number of hydrogen-bond donors (Lipinski definition) is 3. The smallest absolute Gasteiger partial charge is 0.300 e. The first-order chi connectivity index (χ1) is 10.8. The van der Waals surface area contributed by atoms with Crippen molar-refractivity contribution in [1.29, 1.82) is 0 Å². The summed E-state index contributed by atoms with van der Waals surface area (Å²) in [6, 6.07) is 3.58. The number of hydrogen-bond acceptors (Lipinski definition) is 7. The summed E-state index contributed by atoms with van der Waals surface area (Å²) in [5.74, 6) is 0. The predicted molar refractivity (Wildman–Crippen MR) is 87.9 cm³/mol. The van der Waals surface area contributed by atoms with Gasteiger partial charge in [0, 0.05) is 25.6 Å². The summed E-state index contributed by atoms with van der Waals surface area (Å²) in [6.45, 7) is 1.97. The molecule has 1 aliphatic rings. The van der Waals surface area contributed by atoms with Gasteiger partial charge in [-0.15, -0.1) is 0 Å². The summed E-state index contributed by atoms with van der Waals surface area (Å²) < 4.78 is 0. The van der Waals surface area contributed by atoms with Gasteiger partial charge in [-0.3, -0.25) is 20.2 Å². The van der Waals surface area contributed by atoms with Crippen LogP contribution in [0, 0.1) is 20.2 Å². The monoisotopic (exact) mass is 340 g/mol. The van der Waals surface area contributed by atoms with Crippen LogP contribution in [0.2, 0.25) is 0 Å². The molecule has 0 radical (unpaired) electrons. The minimum atomic E-state index is -0.676. The van der Waals surface area contributed by atoms with Crippen LogP contribution in [0.15, 0.2) is 18.2 Å². The molecule has 1 fully saturated rings. The van der Waals surface area contributed by atoms with E-state index < -0.39 is 9.85 Å². The molecule has 10 nitrogen and oxygen atoms in total. The Bertz CT molecular complexity index is 654. The van der Waals surface area contributed by atoms with E-state index in [0.717, 1.165) is 6.07 Å². The molecule has 1 aromatic carbocycles. The van der Waals surface area contributed by atoms with Crippen molar-refractivity contribution >= 4 is 34.4 Å². The molecule has 1 aromatic rings. The maximum Gasteiger partial charge on any atom is 0.300 e. The molecular weight excluding hydrogens is 324 g/mol. The third-order valence-corrected chi connectivity index (χ3v) is 3.90. The van der Waals surface area contributed by atoms with Crippen molar-refractivity contribution in [1.82, 2.24) is 15.6 Å². The van der Waals surface area contributed by atoms with E-state index in [1.807, 2.05) is 6.92 Å². The Balaban J connectivity index is 2.15. The van der Waals surface area contributed by atoms with Crippen LogP contribution in [0.4, 0.5) is 17.1 Å². The number of nitrogens with zero attached hydrogens (tertiary/aromatic N) is 3. The number of non-ortho nitro benzene ring substituents is 1. The van der Waals surface area contributed by atoms with Crippen molar-refractivity contribution in [2.24, 2.45) is 0 Å². The SMILES string of the molecule is C[C@H]1C[C@@H](NNc2ccc([N+](=O)[O-])cc2[N+](=O)[O-])N(C)C(=S)N1. The lowest BCUT2D eigenvalue weighted by Gasteiger charge is -2.39. The van der Waals surface area contributed by atoms with Crippen molar-refractivity contribution in [3.63, 3.8) is 0 Å². The van der Waals surface area contributed by atoms with Crippen molar-refractivity contribution in [3.8, 4) is 0 Å². The lowest BCUT2D eigenvalue weighted by molar-refractivity contribution is -0.393. The number of benzene rings is 1. The standard InChI is InChI=1S/C12H16N6O4S/c1-7-5-11(16(2)12(23)13-7)15-14-9-4-3-8(17(19)20)6-10(9)18(21)22/h3-4,6-7,11,14-15H,5H2,1-2H3,(H,13,23)/t7-,11-/m0/s1. The first kappa shape index (κ1) is 16.8. The highest BCUT2D eigenvalue weighted by molar-refractivity contribution is 7.80. The predicted octanol–water partition coefficient (Wildman–Crippen LogP) is 1.34. The van der Waals surface area contributed by atoms with E-state index in [-0.39, 0.29) is 29.3 Å². The molecule has 0 aromatic heterocycles. The molecule has 0 saturated carbocycles. The Hall–Kier alpha value is -2.53. The van der Waals surface area contributed by atoms with E-state index in [9.17, 15) is 20.2 Å². The molecule has 124 valence electrons. The molecule has 1 aliphatic heterocycles. The molecule has 11 heteroatoms. The summed E-state index contributed by atoms with van der Waals surface area (Å²) >= 11 is 5.19. The molecule has 1 saturated heterocycles. The molecule has 3 N–H and O–H groups in total. The van der Waals surface area contributed by atoms with Crippen molar-refractivity contribution in [2.75, 3.05) is 12.5 Å². The topological polar surface area (TPSA) is 126 Å². The highest BCUT2D eigenvalue weighted by Crippen LogP contribution is 2.28. The van der Waals surface area contributed by atoms with Gasteiger partial charge in [0.25, 0.3) is 5.69 Å². The molecule has 0 amide bonds. The maximum absolute atomic E-state index is 11.1. The van der Waals surface area contributed by atoms with Crippen molar-refractivity contribution in [3.05, 3.63) is 38.4 Å². The van der Waals surface area contributed by atoms with Crippen molar-refractivity contribution < 1.29 is 9.85 Å². The zero-order chi connectivity index (χ0) is 17.1. The largest absolute Gasteiger partial charge is 0.360 e. The second-order valence-corrected chi connectivity index (χ2v) is 5.58. The Kier molecular flexibility index (Phi) is 4.91. The van der Waals surface area contributed by atoms with Crippen LogP contribution in [-0.2, 0) is 0 Å². The molecule has 1 heterocycles. The van der Waals surface area contributed by atoms with Crippen LogP contribution >= 0.6 is 12.2 Å². The summed E-state index contributed by atoms with van der Waals surface area (Å²) in [5.41, 5.74) is 5.16. The molecule has 0 bridgehead atoms. The van der Waals surface area contributed by atoms with E-state index in [1.54, 1.807) is 11.9 Å². The van der Waals surface area contributed by atoms with Crippen LogP contribution in [0.3, 0.4) is 0 Å². The lowest BCUT2D eigenvalue weighted by Crippen LogP contribution is -2.59. The van der Waals surface area contributed by atoms with Gasteiger partial charge in [-0.25, -0.2) is 5.43 Å². The van der Waals surface area contributed by atoms with Crippen LogP contribution in [0.5, 0.6) is 0 Å². The van der Waals surface area contributed by atoms with E-state index in [1.165, 1.54) is 12.1 Å². The number of nitro groups is 2. The number of nitro benzene ring substituents is 2. The van der Waals surface area contributed by atoms with Gasteiger partial charge in [0.15, 0.2) is 5.11 Å². The highest BCUT2D eigenvalue weighted by Gasteiger charge is 2.27. The average molecular weight is 340 g/mol. The van der Waals surface area contributed by atoms with Gasteiger partial charge in [-0.1, -0.05) is 0 Å². The molecular formula is C12H16N6O4S. The van der Waals surface area contributed by atoms with Crippen LogP contribution in [0.25, 0.3) is 0 Å². The second-order valence-electron chi connectivity index (χ2n) is 5.20. The average Bonchev–Trinajstić information content (AvgIpc) is 2.49. The molecule has 0 spiro atoms. The second kappa shape index (κ2) is 6.71. The fourth-order valence-corrected chi connectivity index (χ4v) is 2.54. The molecule has 0 aliphatic carbocycles. The molecule has 23 heavy (non-hydrogen) atoms. The quantitative estimate of drug-likeness (QED) is 0.413. The minimum absolute atomic E-state index is 0.145. The summed E-state index contributed by atoms with van der Waals surface area (Å²) in [6.07, 6.45) is 0.540. The van der Waals surface area contributed by atoms with Gasteiger partial charge in [0.2, 0.25) is 0 Å². The Labute approximate surface area is 137 Å². The number of anilines is 1. The fourth-order valence-electron chi connectivity index (χ4n) is 2.21. The molecule has 0 unspecified atom stereocenters. The zero-order valence-electron chi connectivity index (χ0n) is 12.5. The number of rotatable bonds is 5. The van der Waals surface area contributed by atoms with Gasteiger partial charge in [-0.2, -0.15) is 0 Å². The Morgan fingerprint density at radius 3 is 2.65 bits per heavy atom. The maximum atomic E-state index is 11.1. The third kappa shape index (κ3) is 3.81. The Morgan fingerprint density at radius 2 is 2.04 bits per heavy atom. The Morgan fingerprint density at radius 1 is 1.35 bits per heavy atom. The van der Waals surface area contributed by atoms with Crippen LogP contribution in [0.1, 0.15) is 13.3 Å². The van der Waals surface area contributed by atoms with Gasteiger partial charge in [-0.05, 0) is 25.2 Å². The number of hydrazine groups is 1. The first-order valence-corrected chi connectivity index (χ1v) is 7.18. The van der Waals surface area contributed by atoms with E-state index >= 15 is 0 Å². The summed E-state index contributed by atoms with van der Waals surface area (Å²) in [4.78, 5) is 22.3. The van der Waals surface area contributed by atoms with Crippen LogP contribution < -0.4 is 16.2 Å². The fraction of sp³-hybridized carbons (Fsp3) is 0.417. The van der Waals surface area contributed by atoms with E-state index in [2.05, 4.69) is 16.2 Å². The first-order valence-electron chi connectivity index (χ1n) is 6.77. The van der Waals surface area contributed by atoms with Crippen molar-refractivity contribution in [2.45, 2.75) is 25.6 Å². The van der Waals surface area contributed by atoms with E-state index in [0.29, 0.717) is 11.5 Å². The summed E-state index contributed by atoms with van der Waals surface area (Å²) in [5, 5.41) is 25.5. The van der Waals surface area contributed by atoms with E-state index in [4.69, 9.17) is 12.2 Å². The highest BCUT2D eigenvalue weighted by atomic mass is 32.1. The number of nitrogens with one attached hydrogen (secondary N) is 3. The minimum Gasteiger partial charge on any atom is -0.360 e. The van der Waals surface area contributed by atoms with Gasteiger partial charge < -0.3 is 15.6 Å². The lowest BCUT2D eigenvalue weighted by atomic mass is 10.1. The number of thiocarbonyl (C=S) groups is 1. The van der Waals surface area contributed by atoms with Gasteiger partial charge in [0.1, 0.15) is 11.9 Å². The van der Waals surface area contributed by atoms with Gasteiger partial charge in [0.05, 0.1) is 15.9 Å².